The van der Waals surface area contributed by atoms with E-state index in [-0.39, 0.29) is 32.5 Å². The van der Waals surface area contributed by atoms with Crippen molar-refractivity contribution < 1.29 is 4.42 Å². The van der Waals surface area contributed by atoms with Crippen LogP contribution in [-0.2, 0) is 32.5 Å². The highest BCUT2D eigenvalue weighted by Crippen LogP contribution is 2.53. The summed E-state index contributed by atoms with van der Waals surface area (Å²) in [5, 5.41) is 8.81. The number of para-hydroxylation sites is 1. The van der Waals surface area contributed by atoms with Crippen LogP contribution in [0.2, 0.25) is 0 Å². The van der Waals surface area contributed by atoms with E-state index in [0.717, 1.165) is 45.3 Å². The van der Waals surface area contributed by atoms with Crippen LogP contribution in [-0.4, -0.2) is 7.28 Å². The number of hydrogen-bond donors (Lipinski definition) is 1. The van der Waals surface area contributed by atoms with Crippen LogP contribution in [0.5, 0.6) is 0 Å². The van der Waals surface area contributed by atoms with Gasteiger partial charge in [-0.05, 0) is 175 Å². The minimum absolute atomic E-state index is 0.0620. The maximum Gasteiger partial charge on any atom is 0.197 e. The Labute approximate surface area is 406 Å². The molecule has 1 aromatic heterocycles. The van der Waals surface area contributed by atoms with Gasteiger partial charge in [0.05, 0.1) is 5.69 Å². The molecule has 7 aromatic carbocycles. The summed E-state index contributed by atoms with van der Waals surface area (Å²) in [6, 6.07) is 44.4. The lowest BCUT2D eigenvalue weighted by Crippen LogP contribution is -2.44. The highest BCUT2D eigenvalue weighted by molar-refractivity contribution is 6.74. The lowest BCUT2D eigenvalue weighted by molar-refractivity contribution is 0.332. The van der Waals surface area contributed by atoms with Crippen LogP contribution in [0.4, 0.5) is 28.4 Å². The Balaban J connectivity index is 1.15. The van der Waals surface area contributed by atoms with E-state index in [0.29, 0.717) is 0 Å². The molecule has 0 spiro atoms. The summed E-state index contributed by atoms with van der Waals surface area (Å²) in [4.78, 5) is 2.64. The summed E-state index contributed by atoms with van der Waals surface area (Å²) in [6.45, 7) is 29.3. The first kappa shape index (κ1) is 43.5. The van der Waals surface area contributed by atoms with Gasteiger partial charge in [0.2, 0.25) is 0 Å². The molecule has 1 aliphatic heterocycles. The molecule has 4 aliphatic rings. The van der Waals surface area contributed by atoms with Gasteiger partial charge in [0, 0.05) is 39.1 Å². The molecule has 8 aromatic rings. The zero-order chi connectivity index (χ0) is 47.5. The Kier molecular flexibility index (Phi) is 9.23. The van der Waals surface area contributed by atoms with Crippen LogP contribution >= 0.6 is 0 Å². The molecular weight excluding hydrogens is 824 g/mol. The van der Waals surface area contributed by atoms with Crippen molar-refractivity contribution in [2.45, 2.75) is 154 Å². The van der Waals surface area contributed by atoms with Crippen LogP contribution in [0, 0.1) is 0 Å². The van der Waals surface area contributed by atoms with Gasteiger partial charge in [-0.2, -0.15) is 0 Å². The Morgan fingerprint density at radius 2 is 1.01 bits per heavy atom. The summed E-state index contributed by atoms with van der Waals surface area (Å²) < 4.78 is 7.02. The van der Waals surface area contributed by atoms with Crippen LogP contribution in [0.15, 0.2) is 120 Å². The number of hydrogen-bond acceptors (Lipinski definition) is 3. The number of nitrogens with zero attached hydrogens (tertiary/aromatic N) is 1. The Bertz CT molecular complexity index is 3430. The van der Waals surface area contributed by atoms with Crippen LogP contribution in [0.25, 0.3) is 43.8 Å². The largest absolute Gasteiger partial charge is 0.454 e. The molecule has 12 rings (SSSR count). The van der Waals surface area contributed by atoms with Crippen molar-refractivity contribution >= 4 is 79.4 Å². The predicted octanol–water partition coefficient (Wildman–Crippen LogP) is 16.6. The van der Waals surface area contributed by atoms with Crippen molar-refractivity contribution in [3.05, 3.63) is 149 Å². The number of benzene rings is 7. The fraction of sp³-hybridized carbons (Fsp3) is 0.375. The molecule has 0 saturated heterocycles. The van der Waals surface area contributed by atoms with Crippen LogP contribution in [0.3, 0.4) is 0 Å². The summed E-state index contributed by atoms with van der Waals surface area (Å²) in [7, 11) is 2.53. The Hall–Kier alpha value is -5.74. The molecular formula is C64H68BN2O. The molecule has 343 valence electrons. The summed E-state index contributed by atoms with van der Waals surface area (Å²) >= 11 is 0. The average Bonchev–Trinajstić information content (AvgIpc) is 3.69. The Morgan fingerprint density at radius 3 is 1.68 bits per heavy atom. The highest BCUT2D eigenvalue weighted by Gasteiger charge is 2.42. The monoisotopic (exact) mass is 892 g/mol. The van der Waals surface area contributed by atoms with E-state index in [4.69, 9.17) is 4.42 Å². The summed E-state index contributed by atoms with van der Waals surface area (Å²) in [5.41, 5.74) is 21.7. The first-order valence-corrected chi connectivity index (χ1v) is 25.6. The molecule has 0 amide bonds. The molecule has 0 bridgehead atoms. The molecule has 4 heteroatoms. The molecule has 0 saturated carbocycles. The first-order valence-electron chi connectivity index (χ1n) is 25.6. The van der Waals surface area contributed by atoms with Gasteiger partial charge in [0.15, 0.2) is 12.9 Å². The minimum atomic E-state index is 0.0620. The normalized spacial score (nSPS) is 19.9. The van der Waals surface area contributed by atoms with Crippen molar-refractivity contribution in [2.75, 3.05) is 10.2 Å². The van der Waals surface area contributed by atoms with Gasteiger partial charge in [-0.1, -0.05) is 155 Å². The highest BCUT2D eigenvalue weighted by atomic mass is 16.3. The number of rotatable bonds is 4. The number of anilines is 5. The van der Waals surface area contributed by atoms with Gasteiger partial charge in [-0.25, -0.2) is 0 Å². The Morgan fingerprint density at radius 1 is 0.471 bits per heavy atom. The molecule has 0 fully saturated rings. The standard InChI is InChI=1S/C64H68BN2O/c1-59(2)27-29-61(5,6)47-34-39(21-25-45(47)59)66-57-44(24-23-43-42-19-15-16-20-54(42)68-58(43)57)55-41-18-14-13-17-38(41)33-53-56(55)65-51-36-49-50(64(11,12)32-31-63(49,9)10)37-52(51)67(53)40-22-26-46-48(35-40)62(7,8)30-28-60(46,3)4/h13-26,33-37,66H,27-32H2,1-12H3. The minimum Gasteiger partial charge on any atom is -0.454 e. The summed E-state index contributed by atoms with van der Waals surface area (Å²) in [6.07, 6.45) is 7.04. The zero-order valence-corrected chi connectivity index (χ0v) is 42.6. The first-order chi connectivity index (χ1) is 32.1. The third-order valence-electron chi connectivity index (χ3n) is 17.9. The second-order valence-electron chi connectivity index (χ2n) is 25.2. The molecule has 1 radical (unpaired) electrons. The predicted molar refractivity (Wildman–Crippen MR) is 292 cm³/mol. The van der Waals surface area contributed by atoms with Crippen LogP contribution < -0.4 is 21.1 Å². The van der Waals surface area contributed by atoms with E-state index in [1.54, 1.807) is 0 Å². The fourth-order valence-corrected chi connectivity index (χ4v) is 13.1. The van der Waals surface area contributed by atoms with E-state index < -0.39 is 0 Å². The van der Waals surface area contributed by atoms with Crippen molar-refractivity contribution in [3.63, 3.8) is 0 Å². The maximum absolute atomic E-state index is 7.02. The maximum atomic E-state index is 7.02. The van der Waals surface area contributed by atoms with Crippen molar-refractivity contribution in [1.29, 1.82) is 0 Å². The molecule has 2 heterocycles. The molecule has 0 atom stereocenters. The fourth-order valence-electron chi connectivity index (χ4n) is 13.1. The van der Waals surface area contributed by atoms with Gasteiger partial charge in [0.25, 0.3) is 0 Å². The lowest BCUT2D eigenvalue weighted by Gasteiger charge is -2.45. The zero-order valence-electron chi connectivity index (χ0n) is 42.6. The quantitative estimate of drug-likeness (QED) is 0.179. The lowest BCUT2D eigenvalue weighted by atomic mass is 9.54. The molecule has 3 aliphatic carbocycles. The van der Waals surface area contributed by atoms with Gasteiger partial charge in [0.1, 0.15) is 5.58 Å². The third kappa shape index (κ3) is 6.51. The summed E-state index contributed by atoms with van der Waals surface area (Å²) in [5.74, 6) is 0. The molecule has 68 heavy (non-hydrogen) atoms. The van der Waals surface area contributed by atoms with E-state index in [1.165, 1.54) is 110 Å². The SMILES string of the molecule is CC1(C)CCC(C)(C)c2cc(Nc3c(-c4c5c(cc6ccccc46)N(c4ccc6c(c4)C(C)(C)CCC6(C)C)c4cc6c(cc4[B]5)C(C)(C)CCC6(C)C)ccc4c3oc3ccccc34)ccc21. The number of furan rings is 1. The second-order valence-corrected chi connectivity index (χ2v) is 25.2. The number of nitrogens with one attached hydrogen (secondary N) is 1. The van der Waals surface area contributed by atoms with Crippen molar-refractivity contribution in [3.8, 4) is 11.1 Å². The van der Waals surface area contributed by atoms with E-state index in [2.05, 4.69) is 216 Å². The smallest absolute Gasteiger partial charge is 0.197 e. The second kappa shape index (κ2) is 14.4. The molecule has 0 unspecified atom stereocenters. The van der Waals surface area contributed by atoms with Crippen molar-refractivity contribution in [2.24, 2.45) is 0 Å². The van der Waals surface area contributed by atoms with E-state index in [9.17, 15) is 0 Å². The van der Waals surface area contributed by atoms with Gasteiger partial charge in [-0.15, -0.1) is 0 Å². The average molecular weight is 892 g/mol. The molecule has 3 nitrogen and oxygen atoms in total. The van der Waals surface area contributed by atoms with Gasteiger partial charge < -0.3 is 14.6 Å². The van der Waals surface area contributed by atoms with Gasteiger partial charge >= 0.3 is 0 Å². The molecule has 1 N–H and O–H groups in total. The van der Waals surface area contributed by atoms with E-state index >= 15 is 0 Å². The van der Waals surface area contributed by atoms with E-state index in [1.807, 2.05) is 0 Å². The van der Waals surface area contributed by atoms with Crippen LogP contribution in [0.1, 0.15) is 155 Å². The van der Waals surface area contributed by atoms with Crippen molar-refractivity contribution in [1.82, 2.24) is 0 Å². The van der Waals surface area contributed by atoms with Gasteiger partial charge in [-0.3, -0.25) is 0 Å². The topological polar surface area (TPSA) is 28.4 Å². The number of fused-ring (bicyclic) bond motifs is 9. The third-order valence-corrected chi connectivity index (χ3v) is 17.9.